The highest BCUT2D eigenvalue weighted by atomic mass is 16.2. The van der Waals surface area contributed by atoms with E-state index in [-0.39, 0.29) is 11.7 Å². The maximum Gasteiger partial charge on any atom is 0.269 e. The van der Waals surface area contributed by atoms with Gasteiger partial charge in [-0.05, 0) is 26.0 Å². The highest BCUT2D eigenvalue weighted by Crippen LogP contribution is 2.04. The Bertz CT molecular complexity index is 706. The largest absolute Gasteiger partial charge is 0.303 e. The van der Waals surface area contributed by atoms with Crippen LogP contribution >= 0.6 is 0 Å². The molecule has 2 N–H and O–H groups in total. The van der Waals surface area contributed by atoms with Crippen LogP contribution in [0.2, 0.25) is 0 Å². The Balaban J connectivity index is 1.95. The van der Waals surface area contributed by atoms with Gasteiger partial charge in [0.1, 0.15) is 0 Å². The normalized spacial score (nSPS) is 10.9. The van der Waals surface area contributed by atoms with Gasteiger partial charge in [0.15, 0.2) is 5.78 Å². The quantitative estimate of drug-likeness (QED) is 0.506. The highest BCUT2D eigenvalue weighted by molar-refractivity contribution is 6.04. The molecular weight excluding hydrogens is 276 g/mol. The fourth-order valence-electron chi connectivity index (χ4n) is 1.93. The maximum absolute atomic E-state index is 12.0. The molecule has 2 aromatic rings. The molecule has 0 bridgehead atoms. The molecule has 0 radical (unpaired) electrons. The lowest BCUT2D eigenvalue weighted by atomic mass is 10.1. The van der Waals surface area contributed by atoms with Gasteiger partial charge >= 0.3 is 0 Å². The van der Waals surface area contributed by atoms with E-state index in [1.165, 1.54) is 6.08 Å². The first kappa shape index (κ1) is 15.5. The molecule has 0 aliphatic rings. The summed E-state index contributed by atoms with van der Waals surface area (Å²) < 4.78 is 0. The van der Waals surface area contributed by atoms with Crippen molar-refractivity contribution in [2.24, 2.45) is 0 Å². The topological polar surface area (TPSA) is 58.2 Å². The van der Waals surface area contributed by atoms with Crippen LogP contribution in [0.5, 0.6) is 0 Å². The number of ketones is 1. The molecule has 1 amide bonds. The number of carbonyl (C=O) groups is 2. The molecule has 4 heteroatoms. The van der Waals surface area contributed by atoms with E-state index in [9.17, 15) is 9.59 Å². The molecule has 0 unspecified atom stereocenters. The molecule has 0 fully saturated rings. The number of hydrogen-bond acceptors (Lipinski definition) is 3. The number of amides is 1. The molecule has 0 spiro atoms. The van der Waals surface area contributed by atoms with E-state index in [0.29, 0.717) is 16.8 Å². The molecule has 0 aliphatic carbocycles. The first-order valence-electron chi connectivity index (χ1n) is 6.97. The average molecular weight is 294 g/mol. The Kier molecular flexibility index (Phi) is 5.09. The van der Waals surface area contributed by atoms with E-state index in [2.05, 4.69) is 10.9 Å². The maximum atomic E-state index is 12.0. The van der Waals surface area contributed by atoms with E-state index < -0.39 is 0 Å². The number of hydrogen-bond donors (Lipinski definition) is 2. The van der Waals surface area contributed by atoms with Crippen LogP contribution in [0.3, 0.4) is 0 Å². The second-order valence-electron chi connectivity index (χ2n) is 5.01. The van der Waals surface area contributed by atoms with Crippen LogP contribution in [-0.4, -0.2) is 11.7 Å². The first-order valence-corrected chi connectivity index (χ1v) is 6.97. The lowest BCUT2D eigenvalue weighted by Crippen LogP contribution is -2.36. The SMILES string of the molecule is CC(=CC(=O)c1ccccc1)NNC(=O)c1cccc(C)c1. The summed E-state index contributed by atoms with van der Waals surface area (Å²) in [6.07, 6.45) is 1.45. The fraction of sp³-hybridized carbons (Fsp3) is 0.111. The Hall–Kier alpha value is -2.88. The summed E-state index contributed by atoms with van der Waals surface area (Å²) in [7, 11) is 0. The van der Waals surface area contributed by atoms with Crippen LogP contribution < -0.4 is 10.9 Å². The second kappa shape index (κ2) is 7.22. The third kappa shape index (κ3) is 4.31. The van der Waals surface area contributed by atoms with E-state index in [1.54, 1.807) is 31.2 Å². The molecule has 22 heavy (non-hydrogen) atoms. The zero-order valence-electron chi connectivity index (χ0n) is 12.6. The monoisotopic (exact) mass is 294 g/mol. The van der Waals surface area contributed by atoms with Gasteiger partial charge in [-0.25, -0.2) is 0 Å². The van der Waals surface area contributed by atoms with Gasteiger partial charge in [0.25, 0.3) is 5.91 Å². The molecular formula is C18H18N2O2. The Labute approximate surface area is 129 Å². The average Bonchev–Trinajstić information content (AvgIpc) is 2.53. The Morgan fingerprint density at radius 2 is 1.59 bits per heavy atom. The van der Waals surface area contributed by atoms with Gasteiger partial charge in [-0.1, -0.05) is 48.0 Å². The van der Waals surface area contributed by atoms with Crippen LogP contribution in [0.15, 0.2) is 66.4 Å². The van der Waals surface area contributed by atoms with Crippen LogP contribution in [0.4, 0.5) is 0 Å². The third-order valence-corrected chi connectivity index (χ3v) is 3.06. The Morgan fingerprint density at radius 1 is 0.909 bits per heavy atom. The summed E-state index contributed by atoms with van der Waals surface area (Å²) in [5.74, 6) is -0.362. The molecule has 2 aromatic carbocycles. The van der Waals surface area contributed by atoms with Gasteiger partial charge < -0.3 is 5.43 Å². The van der Waals surface area contributed by atoms with Gasteiger partial charge in [-0.2, -0.15) is 0 Å². The van der Waals surface area contributed by atoms with Gasteiger partial charge in [0.05, 0.1) is 0 Å². The van der Waals surface area contributed by atoms with E-state index >= 15 is 0 Å². The zero-order valence-corrected chi connectivity index (χ0v) is 12.6. The van der Waals surface area contributed by atoms with Crippen molar-refractivity contribution in [3.05, 3.63) is 83.1 Å². The van der Waals surface area contributed by atoms with Crippen LogP contribution in [0.1, 0.15) is 33.2 Å². The van der Waals surface area contributed by atoms with Crippen molar-refractivity contribution in [1.29, 1.82) is 0 Å². The fourth-order valence-corrected chi connectivity index (χ4v) is 1.93. The van der Waals surface area contributed by atoms with E-state index in [1.807, 2.05) is 37.3 Å². The molecule has 0 saturated carbocycles. The molecule has 0 aromatic heterocycles. The number of aryl methyl sites for hydroxylation is 1. The minimum absolute atomic E-state index is 0.115. The second-order valence-corrected chi connectivity index (χ2v) is 5.01. The standard InChI is InChI=1S/C18H18N2O2/c1-13-7-6-10-16(11-13)18(22)20-19-14(2)12-17(21)15-8-4-3-5-9-15/h3-12,19H,1-2H3,(H,20,22). The summed E-state index contributed by atoms with van der Waals surface area (Å²) in [6, 6.07) is 16.2. The number of carbonyl (C=O) groups excluding carboxylic acids is 2. The van der Waals surface area contributed by atoms with Gasteiger partial charge in [-0.3, -0.25) is 15.0 Å². The molecule has 0 atom stereocenters. The predicted molar refractivity (Wildman–Crippen MR) is 86.3 cm³/mol. The summed E-state index contributed by atoms with van der Waals surface area (Å²) >= 11 is 0. The van der Waals surface area contributed by atoms with Gasteiger partial charge in [0.2, 0.25) is 0 Å². The molecule has 0 saturated heterocycles. The number of benzene rings is 2. The van der Waals surface area contributed by atoms with Crippen molar-refractivity contribution >= 4 is 11.7 Å². The zero-order chi connectivity index (χ0) is 15.9. The van der Waals surface area contributed by atoms with E-state index in [0.717, 1.165) is 5.56 Å². The van der Waals surface area contributed by atoms with Crippen molar-refractivity contribution in [1.82, 2.24) is 10.9 Å². The first-order chi connectivity index (χ1) is 10.6. The third-order valence-electron chi connectivity index (χ3n) is 3.06. The molecule has 0 heterocycles. The number of allylic oxidation sites excluding steroid dienone is 2. The summed E-state index contributed by atoms with van der Waals surface area (Å²) in [5, 5.41) is 0. The summed E-state index contributed by atoms with van der Waals surface area (Å²) in [4.78, 5) is 24.0. The molecule has 112 valence electrons. The smallest absolute Gasteiger partial charge is 0.269 e. The summed E-state index contributed by atoms with van der Waals surface area (Å²) in [5.41, 5.74) is 8.06. The number of hydrazine groups is 1. The minimum Gasteiger partial charge on any atom is -0.303 e. The van der Waals surface area contributed by atoms with Crippen molar-refractivity contribution in [2.75, 3.05) is 0 Å². The van der Waals surface area contributed by atoms with E-state index in [4.69, 9.17) is 0 Å². The van der Waals surface area contributed by atoms with Crippen molar-refractivity contribution in [3.63, 3.8) is 0 Å². The van der Waals surface area contributed by atoms with Gasteiger partial charge in [0, 0.05) is 22.9 Å². The van der Waals surface area contributed by atoms with Crippen LogP contribution in [0, 0.1) is 6.92 Å². The lowest BCUT2D eigenvalue weighted by Gasteiger charge is -2.09. The predicted octanol–water partition coefficient (Wildman–Crippen LogP) is 3.02. The Morgan fingerprint density at radius 3 is 2.27 bits per heavy atom. The number of nitrogens with one attached hydrogen (secondary N) is 2. The van der Waals surface area contributed by atoms with Crippen LogP contribution in [0.25, 0.3) is 0 Å². The summed E-state index contributed by atoms with van der Waals surface area (Å²) in [6.45, 7) is 3.64. The highest BCUT2D eigenvalue weighted by Gasteiger charge is 2.06. The van der Waals surface area contributed by atoms with Crippen molar-refractivity contribution in [2.45, 2.75) is 13.8 Å². The minimum atomic E-state index is -0.247. The molecule has 2 rings (SSSR count). The lowest BCUT2D eigenvalue weighted by molar-refractivity contribution is 0.0936. The molecule has 4 nitrogen and oxygen atoms in total. The van der Waals surface area contributed by atoms with Crippen molar-refractivity contribution in [3.8, 4) is 0 Å². The van der Waals surface area contributed by atoms with Crippen LogP contribution in [-0.2, 0) is 0 Å². The van der Waals surface area contributed by atoms with Crippen molar-refractivity contribution < 1.29 is 9.59 Å². The van der Waals surface area contributed by atoms with Gasteiger partial charge in [-0.15, -0.1) is 0 Å². The number of rotatable bonds is 5. The molecule has 0 aliphatic heterocycles.